The molecule has 0 bridgehead atoms. The van der Waals surface area contributed by atoms with Crippen LogP contribution in [0, 0.1) is 0 Å². The lowest BCUT2D eigenvalue weighted by Crippen LogP contribution is -2.15. The summed E-state index contributed by atoms with van der Waals surface area (Å²) in [4.78, 5) is 23.4. The Bertz CT molecular complexity index is 528. The van der Waals surface area contributed by atoms with E-state index in [9.17, 15) is 14.7 Å². The van der Waals surface area contributed by atoms with Crippen molar-refractivity contribution < 1.29 is 19.4 Å². The van der Waals surface area contributed by atoms with Crippen molar-refractivity contribution >= 4 is 39.5 Å². The fourth-order valence-corrected chi connectivity index (χ4v) is 2.59. The largest absolute Gasteiger partial charge is 0.478 e. The molecule has 0 aliphatic carbocycles. The van der Waals surface area contributed by atoms with Gasteiger partial charge in [0, 0.05) is 4.47 Å². The summed E-state index contributed by atoms with van der Waals surface area (Å²) in [5.74, 6) is -1.83. The molecule has 1 aromatic rings. The molecule has 0 saturated heterocycles. The van der Waals surface area contributed by atoms with Gasteiger partial charge in [0.05, 0.1) is 22.8 Å². The van der Waals surface area contributed by atoms with Crippen LogP contribution in [0.1, 0.15) is 53.0 Å². The lowest BCUT2D eigenvalue weighted by atomic mass is 9.97. The summed E-state index contributed by atoms with van der Waals surface area (Å²) in [6, 6.07) is 1.40. The molecule has 0 fully saturated rings. The van der Waals surface area contributed by atoms with Crippen LogP contribution in [-0.4, -0.2) is 23.7 Å². The third kappa shape index (κ3) is 3.73. The van der Waals surface area contributed by atoms with Gasteiger partial charge in [-0.1, -0.05) is 24.9 Å². The molecule has 1 aromatic carbocycles. The van der Waals surface area contributed by atoms with E-state index in [2.05, 4.69) is 15.9 Å². The summed E-state index contributed by atoms with van der Waals surface area (Å²) < 4.78 is 5.41. The van der Waals surface area contributed by atoms with Crippen LogP contribution in [0.5, 0.6) is 0 Å². The van der Waals surface area contributed by atoms with Crippen molar-refractivity contribution in [3.63, 3.8) is 0 Å². The number of hydrogen-bond acceptors (Lipinski definition) is 3. The maximum absolute atomic E-state index is 11.9. The first-order valence-electron chi connectivity index (χ1n) is 6.35. The van der Waals surface area contributed by atoms with Gasteiger partial charge in [0.15, 0.2) is 0 Å². The number of carbonyl (C=O) groups is 2. The molecule has 4 nitrogen and oxygen atoms in total. The van der Waals surface area contributed by atoms with Crippen molar-refractivity contribution in [2.75, 3.05) is 6.61 Å². The number of carboxylic acids is 1. The fourth-order valence-electron chi connectivity index (χ4n) is 1.88. The summed E-state index contributed by atoms with van der Waals surface area (Å²) in [6.45, 7) is 3.85. The van der Waals surface area contributed by atoms with Gasteiger partial charge in [0.2, 0.25) is 0 Å². The number of ether oxygens (including phenoxy) is 1. The maximum atomic E-state index is 11.9. The minimum Gasteiger partial charge on any atom is -0.478 e. The first-order valence-corrected chi connectivity index (χ1v) is 7.52. The second kappa shape index (κ2) is 7.64. The van der Waals surface area contributed by atoms with Gasteiger partial charge in [0.1, 0.15) is 0 Å². The highest BCUT2D eigenvalue weighted by Gasteiger charge is 2.25. The van der Waals surface area contributed by atoms with Gasteiger partial charge in [-0.2, -0.15) is 0 Å². The van der Waals surface area contributed by atoms with Crippen LogP contribution in [0.3, 0.4) is 0 Å². The zero-order valence-electron chi connectivity index (χ0n) is 11.3. The molecule has 0 heterocycles. The SMILES string of the molecule is CCCCc1c(Cl)c(Br)cc(C(=O)OCC)c1C(=O)O. The lowest BCUT2D eigenvalue weighted by Gasteiger charge is -2.14. The summed E-state index contributed by atoms with van der Waals surface area (Å²) in [6.07, 6.45) is 2.19. The number of unbranched alkanes of at least 4 members (excludes halogenated alkanes) is 1. The number of halogens is 2. The lowest BCUT2D eigenvalue weighted by molar-refractivity contribution is 0.0514. The minimum atomic E-state index is -1.17. The van der Waals surface area contributed by atoms with E-state index in [1.165, 1.54) is 6.07 Å². The van der Waals surface area contributed by atoms with Gasteiger partial charge in [0.25, 0.3) is 0 Å². The van der Waals surface area contributed by atoms with E-state index in [1.807, 2.05) is 6.92 Å². The number of hydrogen-bond donors (Lipinski definition) is 1. The van der Waals surface area contributed by atoms with Crippen LogP contribution < -0.4 is 0 Å². The monoisotopic (exact) mass is 362 g/mol. The number of carbonyl (C=O) groups excluding carboxylic acids is 1. The number of benzene rings is 1. The van der Waals surface area contributed by atoms with Crippen LogP contribution in [0.4, 0.5) is 0 Å². The summed E-state index contributed by atoms with van der Waals surface area (Å²) >= 11 is 9.43. The molecule has 0 radical (unpaired) electrons. The van der Waals surface area contributed by atoms with Gasteiger partial charge in [-0.3, -0.25) is 0 Å². The fraction of sp³-hybridized carbons (Fsp3) is 0.429. The predicted octanol–water partition coefficient (Wildman–Crippen LogP) is 4.32. The highest BCUT2D eigenvalue weighted by atomic mass is 79.9. The van der Waals surface area contributed by atoms with E-state index in [4.69, 9.17) is 16.3 Å². The van der Waals surface area contributed by atoms with Crippen LogP contribution in [-0.2, 0) is 11.2 Å². The third-order valence-corrected chi connectivity index (χ3v) is 4.09. The van der Waals surface area contributed by atoms with E-state index in [1.54, 1.807) is 6.92 Å². The molecule has 0 spiro atoms. The molecule has 0 saturated carbocycles. The Morgan fingerprint density at radius 3 is 2.55 bits per heavy atom. The molecule has 0 aliphatic rings. The van der Waals surface area contributed by atoms with Crippen LogP contribution in [0.25, 0.3) is 0 Å². The van der Waals surface area contributed by atoms with Gasteiger partial charge in [-0.05, 0) is 47.3 Å². The van der Waals surface area contributed by atoms with Crippen LogP contribution >= 0.6 is 27.5 Å². The molecule has 6 heteroatoms. The van der Waals surface area contributed by atoms with Gasteiger partial charge >= 0.3 is 11.9 Å². The highest BCUT2D eigenvalue weighted by molar-refractivity contribution is 9.10. The molecule has 0 amide bonds. The van der Waals surface area contributed by atoms with E-state index < -0.39 is 11.9 Å². The predicted molar refractivity (Wildman–Crippen MR) is 80.7 cm³/mol. The average molecular weight is 364 g/mol. The zero-order valence-corrected chi connectivity index (χ0v) is 13.7. The number of esters is 1. The third-order valence-electron chi connectivity index (χ3n) is 2.81. The smallest absolute Gasteiger partial charge is 0.339 e. The van der Waals surface area contributed by atoms with Gasteiger partial charge < -0.3 is 9.84 Å². The van der Waals surface area contributed by atoms with Crippen molar-refractivity contribution in [1.29, 1.82) is 0 Å². The molecule has 0 atom stereocenters. The molecular weight excluding hydrogens is 348 g/mol. The zero-order chi connectivity index (χ0) is 15.3. The molecular formula is C14H16BrClO4. The molecule has 20 heavy (non-hydrogen) atoms. The molecule has 110 valence electrons. The maximum Gasteiger partial charge on any atom is 0.339 e. The highest BCUT2D eigenvalue weighted by Crippen LogP contribution is 2.33. The first kappa shape index (κ1) is 17.0. The molecule has 0 aliphatic heterocycles. The Hall–Kier alpha value is -1.07. The molecule has 0 unspecified atom stereocenters. The van der Waals surface area contributed by atoms with Gasteiger partial charge in [-0.25, -0.2) is 9.59 Å². The Balaban J connectivity index is 3.47. The minimum absolute atomic E-state index is 0.0294. The number of aromatic carboxylic acids is 1. The summed E-state index contributed by atoms with van der Waals surface area (Å²) in [5.41, 5.74) is 0.435. The first-order chi connectivity index (χ1) is 9.43. The molecule has 0 aromatic heterocycles. The second-order valence-electron chi connectivity index (χ2n) is 4.20. The Labute approximate surface area is 131 Å². The van der Waals surface area contributed by atoms with E-state index in [0.29, 0.717) is 21.5 Å². The quantitative estimate of drug-likeness (QED) is 0.765. The summed E-state index contributed by atoms with van der Waals surface area (Å²) in [7, 11) is 0. The van der Waals surface area contributed by atoms with Crippen molar-refractivity contribution in [2.45, 2.75) is 33.1 Å². The normalized spacial score (nSPS) is 10.4. The van der Waals surface area contributed by atoms with Crippen LogP contribution in [0.15, 0.2) is 10.5 Å². The van der Waals surface area contributed by atoms with E-state index in [0.717, 1.165) is 12.8 Å². The summed E-state index contributed by atoms with van der Waals surface area (Å²) in [5, 5.41) is 9.73. The van der Waals surface area contributed by atoms with Crippen molar-refractivity contribution in [3.8, 4) is 0 Å². The molecule has 1 rings (SSSR count). The Kier molecular flexibility index (Phi) is 6.49. The van der Waals surface area contributed by atoms with Crippen molar-refractivity contribution in [2.24, 2.45) is 0 Å². The Morgan fingerprint density at radius 1 is 1.40 bits per heavy atom. The Morgan fingerprint density at radius 2 is 2.05 bits per heavy atom. The second-order valence-corrected chi connectivity index (χ2v) is 5.43. The van der Waals surface area contributed by atoms with Crippen molar-refractivity contribution in [1.82, 2.24) is 0 Å². The van der Waals surface area contributed by atoms with Crippen LogP contribution in [0.2, 0.25) is 5.02 Å². The van der Waals surface area contributed by atoms with E-state index >= 15 is 0 Å². The number of rotatable bonds is 6. The van der Waals surface area contributed by atoms with Crippen molar-refractivity contribution in [3.05, 3.63) is 32.3 Å². The topological polar surface area (TPSA) is 63.6 Å². The van der Waals surface area contributed by atoms with E-state index in [-0.39, 0.29) is 17.7 Å². The average Bonchev–Trinajstić information content (AvgIpc) is 2.39. The molecule has 1 N–H and O–H groups in total. The standard InChI is InChI=1S/C14H16BrClO4/c1-3-5-6-8-11(13(17)18)9(14(19)20-4-2)7-10(15)12(8)16/h7H,3-6H2,1-2H3,(H,17,18). The number of carboxylic acid groups (broad SMARTS) is 1. The van der Waals surface area contributed by atoms with Gasteiger partial charge in [-0.15, -0.1) is 0 Å².